The van der Waals surface area contributed by atoms with Gasteiger partial charge in [0.15, 0.2) is 0 Å². The van der Waals surface area contributed by atoms with Gasteiger partial charge in [0, 0.05) is 60.0 Å². The van der Waals surface area contributed by atoms with Gasteiger partial charge in [-0.2, -0.15) is 6.67 Å². The summed E-state index contributed by atoms with van der Waals surface area (Å²) < 4.78 is 17.4. The van der Waals surface area contributed by atoms with Crippen LogP contribution in [0.3, 0.4) is 0 Å². The van der Waals surface area contributed by atoms with Crippen molar-refractivity contribution in [1.82, 2.24) is 9.88 Å². The molecule has 3 aromatic heterocycles. The molecule has 7 aromatic rings. The van der Waals surface area contributed by atoms with Crippen molar-refractivity contribution < 1.29 is 30.5 Å². The zero-order chi connectivity index (χ0) is 26.6. The van der Waals surface area contributed by atoms with Crippen LogP contribution in [0.5, 0.6) is 23.1 Å². The first-order chi connectivity index (χ1) is 19.7. The molecule has 0 aliphatic carbocycles. The predicted molar refractivity (Wildman–Crippen MR) is 164 cm³/mol. The van der Waals surface area contributed by atoms with E-state index >= 15 is 0 Å². The van der Waals surface area contributed by atoms with Crippen LogP contribution < -0.4 is 14.4 Å². The first kappa shape index (κ1) is 26.0. The van der Waals surface area contributed by atoms with E-state index in [1.165, 1.54) is 14.8 Å². The molecule has 0 radical (unpaired) electrons. The van der Waals surface area contributed by atoms with Gasteiger partial charge in [-0.25, -0.2) is 27.7 Å². The van der Waals surface area contributed by atoms with E-state index in [9.17, 15) is 0 Å². The Balaban J connectivity index is 0.00000276. The smallest absolute Gasteiger partial charge is 0.216 e. The molecular weight excluding hydrogens is 730 g/mol. The van der Waals surface area contributed by atoms with E-state index in [1.807, 2.05) is 54.1 Å². The summed E-state index contributed by atoms with van der Waals surface area (Å²) in [7, 11) is 2.00. The van der Waals surface area contributed by atoms with E-state index in [1.54, 1.807) is 28.9 Å². The fourth-order valence-electron chi connectivity index (χ4n) is 4.99. The van der Waals surface area contributed by atoms with Crippen LogP contribution >= 0.6 is 22.7 Å². The van der Waals surface area contributed by atoms with Crippen LogP contribution in [0.2, 0.25) is 0 Å². The van der Waals surface area contributed by atoms with E-state index in [4.69, 9.17) is 9.47 Å². The normalized spacial score (nSPS) is 13.0. The van der Waals surface area contributed by atoms with E-state index in [0.717, 1.165) is 31.2 Å². The number of aromatic nitrogens is 1. The molecule has 8 heteroatoms. The molecule has 4 heterocycles. The molecule has 0 saturated heterocycles. The molecule has 8 rings (SSSR count). The van der Waals surface area contributed by atoms with Crippen molar-refractivity contribution in [2.75, 3.05) is 11.9 Å². The zero-order valence-corrected chi connectivity index (χ0v) is 25.5. The quantitative estimate of drug-likeness (QED) is 0.164. The Morgan fingerprint density at radius 2 is 1.39 bits per heavy atom. The molecule has 41 heavy (non-hydrogen) atoms. The molecular formula is C33H20N3O2PtS2-3. The molecule has 0 fully saturated rings. The van der Waals surface area contributed by atoms with Gasteiger partial charge in [-0.1, -0.05) is 48.5 Å². The number of anilines is 1. The Morgan fingerprint density at radius 3 is 2.05 bits per heavy atom. The molecule has 1 aliphatic heterocycles. The fourth-order valence-corrected chi connectivity index (χ4v) is 7.23. The molecule has 0 unspecified atom stereocenters. The summed E-state index contributed by atoms with van der Waals surface area (Å²) in [5.74, 6) is 2.32. The third-order valence-electron chi connectivity index (χ3n) is 6.82. The zero-order valence-electron chi connectivity index (χ0n) is 21.6. The van der Waals surface area contributed by atoms with Crippen LogP contribution in [0.1, 0.15) is 0 Å². The number of benzene rings is 4. The molecule has 204 valence electrons. The summed E-state index contributed by atoms with van der Waals surface area (Å²) in [6.07, 6.45) is 5.75. The maximum atomic E-state index is 6.68. The molecule has 1 aliphatic rings. The van der Waals surface area contributed by atoms with Crippen LogP contribution in [0.25, 0.3) is 40.3 Å². The molecule has 0 N–H and O–H groups in total. The van der Waals surface area contributed by atoms with Crippen molar-refractivity contribution >= 4 is 68.7 Å². The predicted octanol–water partition coefficient (Wildman–Crippen LogP) is 9.34. The number of hydrogen-bond donors (Lipinski definition) is 0. The van der Waals surface area contributed by atoms with Gasteiger partial charge in [0.25, 0.3) is 0 Å². The number of thiophene rings is 2. The number of pyridine rings is 1. The van der Waals surface area contributed by atoms with Gasteiger partial charge < -0.3 is 19.3 Å². The van der Waals surface area contributed by atoms with Gasteiger partial charge in [0.05, 0.1) is 0 Å². The summed E-state index contributed by atoms with van der Waals surface area (Å²) in [6.45, 7) is 2.02. The minimum Gasteiger partial charge on any atom is -0.510 e. The number of fused-ring (bicyclic) bond motifs is 6. The van der Waals surface area contributed by atoms with Crippen molar-refractivity contribution in [3.63, 3.8) is 0 Å². The maximum absolute atomic E-state index is 6.68. The Morgan fingerprint density at radius 1 is 0.732 bits per heavy atom. The molecule has 0 saturated carbocycles. The summed E-state index contributed by atoms with van der Waals surface area (Å²) in [5, 5.41) is 4.53. The van der Waals surface area contributed by atoms with Crippen molar-refractivity contribution in [3.8, 4) is 23.1 Å². The van der Waals surface area contributed by atoms with Gasteiger partial charge in [-0.15, -0.1) is 34.7 Å². The number of ether oxygens (including phenoxy) is 2. The average molecular weight is 750 g/mol. The second-order valence-corrected chi connectivity index (χ2v) is 11.6. The first-order valence-electron chi connectivity index (χ1n) is 12.7. The van der Waals surface area contributed by atoms with Crippen molar-refractivity contribution in [2.45, 2.75) is 0 Å². The summed E-state index contributed by atoms with van der Waals surface area (Å²) in [4.78, 5) is 8.43. The summed E-state index contributed by atoms with van der Waals surface area (Å²) in [6, 6.07) is 33.6. The molecule has 5 nitrogen and oxygen atoms in total. The van der Waals surface area contributed by atoms with Crippen LogP contribution in [-0.2, 0) is 21.1 Å². The maximum Gasteiger partial charge on any atom is 0.216 e. The Bertz CT molecular complexity index is 2090. The summed E-state index contributed by atoms with van der Waals surface area (Å²) in [5.41, 5.74) is 0.902. The Kier molecular flexibility index (Phi) is 6.66. The average Bonchev–Trinajstić information content (AvgIpc) is 3.69. The van der Waals surface area contributed by atoms with Crippen LogP contribution in [0.15, 0.2) is 97.5 Å². The monoisotopic (exact) mass is 749 g/mol. The number of rotatable bonds is 5. The molecule has 0 atom stereocenters. The first-order valence-corrected chi connectivity index (χ1v) is 14.4. The van der Waals surface area contributed by atoms with Crippen molar-refractivity contribution in [3.05, 3.63) is 116 Å². The SMILES string of the molecule is CN1C=CN(c2[c-]c(Oc3[c-]c(Oc4ccccn4)c4sc5ccccc5c4c3)c3sc4ccccc4c3c2)[CH-]1.[Pt]. The van der Waals surface area contributed by atoms with E-state index < -0.39 is 0 Å². The Hall–Kier alpha value is -3.90. The standard InChI is InChI=1S/C33H20N3O2S2.Pt/c1-35-14-15-36(20-35)21-16-25-23-8-2-4-10-29(23)39-32(25)27(17-21)37-22-18-26-24-9-3-5-11-30(24)40-33(26)28(19-22)38-31-12-6-7-13-34-31;/h2-16,18,20H,1H3;/q-3;. The van der Waals surface area contributed by atoms with Crippen LogP contribution in [0.4, 0.5) is 5.69 Å². The minimum absolute atomic E-state index is 0. The van der Waals surface area contributed by atoms with E-state index in [2.05, 4.69) is 77.8 Å². The number of hydrogen-bond acceptors (Lipinski definition) is 7. The van der Waals surface area contributed by atoms with Crippen molar-refractivity contribution in [1.29, 1.82) is 0 Å². The fraction of sp³-hybridized carbons (Fsp3) is 0.0303. The van der Waals surface area contributed by atoms with Crippen LogP contribution in [-0.4, -0.2) is 16.9 Å². The van der Waals surface area contributed by atoms with Gasteiger partial charge in [0.1, 0.15) is 0 Å². The van der Waals surface area contributed by atoms with E-state index in [-0.39, 0.29) is 21.1 Å². The minimum atomic E-state index is 0. The largest absolute Gasteiger partial charge is 0.510 e. The van der Waals surface area contributed by atoms with Crippen molar-refractivity contribution in [2.24, 2.45) is 0 Å². The second kappa shape index (κ2) is 10.5. The van der Waals surface area contributed by atoms with Gasteiger partial charge >= 0.3 is 0 Å². The topological polar surface area (TPSA) is 37.8 Å². The third kappa shape index (κ3) is 4.64. The molecule has 4 aromatic carbocycles. The molecule has 0 bridgehead atoms. The van der Waals surface area contributed by atoms with Crippen LogP contribution in [0, 0.1) is 18.8 Å². The van der Waals surface area contributed by atoms with Gasteiger partial charge in [0.2, 0.25) is 5.88 Å². The summed E-state index contributed by atoms with van der Waals surface area (Å²) >= 11 is 3.39. The second-order valence-electron chi connectivity index (χ2n) is 9.49. The Labute approximate surface area is 259 Å². The van der Waals surface area contributed by atoms with Gasteiger partial charge in [-0.05, 0) is 57.8 Å². The molecule has 0 amide bonds. The third-order valence-corrected chi connectivity index (χ3v) is 9.19. The van der Waals surface area contributed by atoms with E-state index in [0.29, 0.717) is 23.1 Å². The van der Waals surface area contributed by atoms with Gasteiger partial charge in [-0.3, -0.25) is 0 Å². The molecule has 0 spiro atoms. The number of nitrogens with zero attached hydrogens (tertiary/aromatic N) is 3.